The van der Waals surface area contributed by atoms with E-state index in [9.17, 15) is 8.60 Å². The van der Waals surface area contributed by atoms with E-state index in [1.54, 1.807) is 36.5 Å². The van der Waals surface area contributed by atoms with Crippen molar-refractivity contribution in [2.45, 2.75) is 5.75 Å². The van der Waals surface area contributed by atoms with Crippen molar-refractivity contribution in [1.82, 2.24) is 4.98 Å². The van der Waals surface area contributed by atoms with E-state index in [0.717, 1.165) is 11.1 Å². The minimum absolute atomic E-state index is 0.175. The Kier molecular flexibility index (Phi) is 4.98. The molecule has 0 aliphatic carbocycles. The number of nitrogens with zero attached hydrogens (tertiary/aromatic N) is 2. The molecule has 0 saturated carbocycles. The number of hydrogen-bond acceptors (Lipinski definition) is 3. The van der Waals surface area contributed by atoms with Gasteiger partial charge in [0.1, 0.15) is 5.82 Å². The van der Waals surface area contributed by atoms with Crippen molar-refractivity contribution < 1.29 is 13.2 Å². The van der Waals surface area contributed by atoms with E-state index in [2.05, 4.69) is 11.1 Å². The van der Waals surface area contributed by atoms with Crippen molar-refractivity contribution in [1.29, 1.82) is 5.26 Å². The molecule has 1 atom stereocenters. The molecule has 0 aliphatic heterocycles. The Bertz CT molecular complexity index is 999. The lowest BCUT2D eigenvalue weighted by Crippen LogP contribution is -1.98. The summed E-state index contributed by atoms with van der Waals surface area (Å²) in [6, 6.07) is 17.3. The Labute approximate surface area is 146 Å². The summed E-state index contributed by atoms with van der Waals surface area (Å²) in [6.45, 7) is 0. The van der Waals surface area contributed by atoms with Crippen LogP contribution in [0.3, 0.4) is 0 Å². The summed E-state index contributed by atoms with van der Waals surface area (Å²) in [5, 5.41) is 9.07. The predicted molar refractivity (Wildman–Crippen MR) is 94.3 cm³/mol. The molecule has 0 bridgehead atoms. The van der Waals surface area contributed by atoms with Gasteiger partial charge in [-0.05, 0) is 29.8 Å². The number of rotatable bonds is 4. The third kappa shape index (κ3) is 3.79. The molecule has 6 heteroatoms. The lowest BCUT2D eigenvalue weighted by Gasteiger charge is -2.10. The van der Waals surface area contributed by atoms with Gasteiger partial charge in [-0.1, -0.05) is 30.3 Å². The molecular weight excluding hydrogens is 339 g/mol. The van der Waals surface area contributed by atoms with Crippen LogP contribution in [0.5, 0.6) is 0 Å². The first kappa shape index (κ1) is 17.0. The molecule has 0 amide bonds. The smallest absolute Gasteiger partial charge is 0.157 e. The summed E-state index contributed by atoms with van der Waals surface area (Å²) in [5.41, 5.74) is 3.42. The summed E-state index contributed by atoms with van der Waals surface area (Å²) in [5.74, 6) is -0.812. The van der Waals surface area contributed by atoms with Crippen LogP contribution in [0.4, 0.5) is 4.39 Å². The van der Waals surface area contributed by atoms with Gasteiger partial charge >= 0.3 is 0 Å². The van der Waals surface area contributed by atoms with Gasteiger partial charge in [-0.25, -0.2) is 8.60 Å². The maximum absolute atomic E-state index is 14.2. The highest BCUT2D eigenvalue weighted by molar-refractivity contribution is 7.78. The zero-order valence-corrected chi connectivity index (χ0v) is 13.8. The van der Waals surface area contributed by atoms with Crippen LogP contribution in [0.15, 0.2) is 60.8 Å². The molecule has 0 radical (unpaired) electrons. The van der Waals surface area contributed by atoms with Gasteiger partial charge in [0.25, 0.3) is 0 Å². The lowest BCUT2D eigenvalue weighted by atomic mass is 9.97. The molecule has 3 aromatic rings. The molecular formula is C19H13FN2O2S. The Morgan fingerprint density at radius 1 is 1.12 bits per heavy atom. The zero-order valence-electron chi connectivity index (χ0n) is 13.0. The molecule has 3 rings (SSSR count). The van der Waals surface area contributed by atoms with Crippen molar-refractivity contribution in [2.24, 2.45) is 0 Å². The highest BCUT2D eigenvalue weighted by Gasteiger charge is 2.12. The third-order valence-electron chi connectivity index (χ3n) is 3.72. The van der Waals surface area contributed by atoms with Crippen LogP contribution in [-0.4, -0.2) is 13.7 Å². The number of halogens is 1. The minimum Gasteiger partial charge on any atom is -0.306 e. The minimum atomic E-state index is -2.10. The van der Waals surface area contributed by atoms with E-state index < -0.39 is 16.9 Å². The van der Waals surface area contributed by atoms with E-state index in [-0.39, 0.29) is 11.3 Å². The number of aromatic nitrogens is 1. The molecule has 1 heterocycles. The van der Waals surface area contributed by atoms with Crippen LogP contribution in [0.1, 0.15) is 11.1 Å². The van der Waals surface area contributed by atoms with Gasteiger partial charge in [0.2, 0.25) is 0 Å². The second kappa shape index (κ2) is 7.34. The normalized spacial score (nSPS) is 11.7. The molecule has 0 fully saturated rings. The van der Waals surface area contributed by atoms with Crippen LogP contribution in [0.25, 0.3) is 22.4 Å². The Morgan fingerprint density at radius 2 is 1.96 bits per heavy atom. The van der Waals surface area contributed by atoms with Crippen molar-refractivity contribution in [3.05, 3.63) is 77.7 Å². The van der Waals surface area contributed by atoms with E-state index in [1.165, 1.54) is 12.1 Å². The number of hydrogen-bond donors (Lipinski definition) is 1. The maximum Gasteiger partial charge on any atom is 0.157 e. The van der Waals surface area contributed by atoms with Crippen LogP contribution in [0.2, 0.25) is 0 Å². The van der Waals surface area contributed by atoms with Gasteiger partial charge in [0, 0.05) is 22.9 Å². The topological polar surface area (TPSA) is 74.0 Å². The number of nitriles is 1. The maximum atomic E-state index is 14.2. The fraction of sp³-hybridized carbons (Fsp3) is 0.0526. The van der Waals surface area contributed by atoms with Gasteiger partial charge in [-0.3, -0.25) is 4.98 Å². The van der Waals surface area contributed by atoms with Crippen molar-refractivity contribution in [2.75, 3.05) is 0 Å². The summed E-state index contributed by atoms with van der Waals surface area (Å²) in [4.78, 5) is 4.35. The van der Waals surface area contributed by atoms with E-state index in [0.29, 0.717) is 16.8 Å². The van der Waals surface area contributed by atoms with Crippen LogP contribution in [-0.2, 0) is 16.8 Å². The van der Waals surface area contributed by atoms with Crippen LogP contribution >= 0.6 is 0 Å². The fourth-order valence-electron chi connectivity index (χ4n) is 2.57. The molecule has 0 saturated heterocycles. The molecule has 0 aliphatic rings. The second-order valence-corrected chi connectivity index (χ2v) is 6.30. The summed E-state index contributed by atoms with van der Waals surface area (Å²) in [7, 11) is 0. The molecule has 1 N–H and O–H groups in total. The van der Waals surface area contributed by atoms with Crippen molar-refractivity contribution in [3.63, 3.8) is 0 Å². The van der Waals surface area contributed by atoms with Crippen LogP contribution in [0, 0.1) is 17.1 Å². The summed E-state index contributed by atoms with van der Waals surface area (Å²) in [6.07, 6.45) is 1.61. The summed E-state index contributed by atoms with van der Waals surface area (Å²) >= 11 is -2.10. The van der Waals surface area contributed by atoms with Gasteiger partial charge in [-0.2, -0.15) is 5.26 Å². The SMILES string of the molecule is N#Cc1cccc(-c2cccnc2-c2ccc(CS(=O)O)c(F)c2)c1. The third-order valence-corrected chi connectivity index (χ3v) is 4.27. The number of benzene rings is 2. The first-order valence-corrected chi connectivity index (χ1v) is 8.68. The van der Waals surface area contributed by atoms with Crippen LogP contribution < -0.4 is 0 Å². The largest absolute Gasteiger partial charge is 0.306 e. The summed E-state index contributed by atoms with van der Waals surface area (Å²) < 4.78 is 34.0. The first-order valence-electron chi connectivity index (χ1n) is 7.40. The zero-order chi connectivity index (χ0) is 17.8. The second-order valence-electron chi connectivity index (χ2n) is 5.36. The van der Waals surface area contributed by atoms with E-state index >= 15 is 0 Å². The molecule has 4 nitrogen and oxygen atoms in total. The molecule has 1 aromatic heterocycles. The molecule has 0 spiro atoms. The Morgan fingerprint density at radius 3 is 2.68 bits per heavy atom. The Balaban J connectivity index is 2.08. The Hall–Kier alpha value is -2.88. The fourth-order valence-corrected chi connectivity index (χ4v) is 3.07. The van der Waals surface area contributed by atoms with E-state index in [4.69, 9.17) is 9.81 Å². The first-order chi connectivity index (χ1) is 12.1. The van der Waals surface area contributed by atoms with E-state index in [1.807, 2.05) is 12.1 Å². The highest BCUT2D eigenvalue weighted by Crippen LogP contribution is 2.31. The van der Waals surface area contributed by atoms with Crippen molar-refractivity contribution >= 4 is 11.1 Å². The lowest BCUT2D eigenvalue weighted by molar-refractivity contribution is 0.559. The van der Waals surface area contributed by atoms with Gasteiger partial charge < -0.3 is 4.55 Å². The average Bonchev–Trinajstić information content (AvgIpc) is 2.63. The van der Waals surface area contributed by atoms with Gasteiger partial charge in [-0.15, -0.1) is 0 Å². The van der Waals surface area contributed by atoms with Gasteiger partial charge in [0.05, 0.1) is 23.1 Å². The molecule has 25 heavy (non-hydrogen) atoms. The monoisotopic (exact) mass is 352 g/mol. The van der Waals surface area contributed by atoms with Gasteiger partial charge in [0.15, 0.2) is 11.1 Å². The molecule has 124 valence electrons. The predicted octanol–water partition coefficient (Wildman–Crippen LogP) is 4.15. The molecule has 1 unspecified atom stereocenters. The standard InChI is InChI=1S/C19H13FN2O2S/c20-18-10-15(6-7-16(18)12-25(23)24)19-17(5-2-8-22-19)14-4-1-3-13(9-14)11-21/h1-10H,12H2,(H,23,24). The molecule has 2 aromatic carbocycles. The quantitative estimate of drug-likeness (QED) is 0.716. The highest BCUT2D eigenvalue weighted by atomic mass is 32.2. The average molecular weight is 352 g/mol. The van der Waals surface area contributed by atoms with Crippen molar-refractivity contribution in [3.8, 4) is 28.5 Å². The number of pyridine rings is 1.